The summed E-state index contributed by atoms with van der Waals surface area (Å²) in [6.45, 7) is 6.17. The summed E-state index contributed by atoms with van der Waals surface area (Å²) in [5, 5.41) is 0.548. The third-order valence-electron chi connectivity index (χ3n) is 5.81. The molecule has 0 fully saturated rings. The van der Waals surface area contributed by atoms with Crippen LogP contribution < -0.4 is 10.5 Å². The van der Waals surface area contributed by atoms with E-state index in [1.165, 1.54) is 0 Å². The second kappa shape index (κ2) is 9.32. The monoisotopic (exact) mass is 459 g/mol. The van der Waals surface area contributed by atoms with E-state index in [1.807, 2.05) is 45.0 Å². The lowest BCUT2D eigenvalue weighted by atomic mass is 10.0. The van der Waals surface area contributed by atoms with E-state index in [0.29, 0.717) is 28.8 Å². The van der Waals surface area contributed by atoms with Crippen LogP contribution >= 0.6 is 0 Å². The number of esters is 1. The Balaban J connectivity index is 1.67. The quantitative estimate of drug-likeness (QED) is 0.440. The molecule has 0 radical (unpaired) electrons. The lowest BCUT2D eigenvalue weighted by Gasteiger charge is -2.30. The molecular weight excluding hydrogens is 430 g/mol. The molecule has 1 aromatic heterocycles. The normalized spacial score (nSPS) is 15.1. The second-order valence-electron chi connectivity index (χ2n) is 9.45. The highest BCUT2D eigenvalue weighted by Crippen LogP contribution is 2.39. The molecule has 1 heterocycles. The van der Waals surface area contributed by atoms with Crippen molar-refractivity contribution in [1.29, 1.82) is 0 Å². The molecule has 0 bridgehead atoms. The fourth-order valence-electron chi connectivity index (χ4n) is 4.40. The van der Waals surface area contributed by atoms with Crippen molar-refractivity contribution in [3.8, 4) is 12.3 Å². The summed E-state index contributed by atoms with van der Waals surface area (Å²) in [6, 6.07) is 11.2. The molecule has 4 rings (SSSR count). The first-order chi connectivity index (χ1) is 16.2. The molecule has 34 heavy (non-hydrogen) atoms. The van der Waals surface area contributed by atoms with Gasteiger partial charge in [0.15, 0.2) is 0 Å². The Labute approximate surface area is 199 Å². The van der Waals surface area contributed by atoms with Crippen LogP contribution in [0.4, 0.5) is 5.69 Å². The van der Waals surface area contributed by atoms with Gasteiger partial charge in [-0.2, -0.15) is 0 Å². The highest BCUT2D eigenvalue weighted by molar-refractivity contribution is 5.90. The van der Waals surface area contributed by atoms with Crippen LogP contribution in [0.25, 0.3) is 10.9 Å². The summed E-state index contributed by atoms with van der Waals surface area (Å²) in [5.74, 6) is 2.90. The number of benzene rings is 2. The van der Waals surface area contributed by atoms with Gasteiger partial charge >= 0.3 is 5.97 Å². The van der Waals surface area contributed by atoms with Crippen molar-refractivity contribution in [3.63, 3.8) is 0 Å². The number of hydrogen-bond donors (Lipinski definition) is 1. The van der Waals surface area contributed by atoms with Gasteiger partial charge in [-0.15, -0.1) is 6.42 Å². The predicted molar refractivity (Wildman–Crippen MR) is 132 cm³/mol. The van der Waals surface area contributed by atoms with Crippen LogP contribution in [0.1, 0.15) is 60.5 Å². The van der Waals surface area contributed by atoms with E-state index in [-0.39, 0.29) is 24.2 Å². The molecule has 0 saturated heterocycles. The van der Waals surface area contributed by atoms with Crippen molar-refractivity contribution in [2.24, 2.45) is 0 Å². The number of ether oxygens (including phenoxy) is 2. The number of nitrogens with one attached hydrogen (secondary N) is 1. The van der Waals surface area contributed by atoms with Gasteiger partial charge in [-0.05, 0) is 81.1 Å². The van der Waals surface area contributed by atoms with Gasteiger partial charge in [-0.1, -0.05) is 5.92 Å². The number of hydrogen-bond acceptors (Lipinski definition) is 6. The number of aromatic amines is 1. The van der Waals surface area contributed by atoms with Gasteiger partial charge in [0.2, 0.25) is 0 Å². The first-order valence-corrected chi connectivity index (χ1v) is 11.3. The number of aryl methyl sites for hydroxylation is 1. The summed E-state index contributed by atoms with van der Waals surface area (Å²) in [4.78, 5) is 34.6. The Kier molecular flexibility index (Phi) is 6.45. The molecule has 1 aliphatic carbocycles. The molecule has 3 aromatic rings. The number of carbonyl (C=O) groups is 1. The molecule has 0 aliphatic heterocycles. The van der Waals surface area contributed by atoms with Crippen LogP contribution in [0.3, 0.4) is 0 Å². The number of rotatable bonds is 6. The first-order valence-electron chi connectivity index (χ1n) is 11.3. The number of nitrogens with zero attached hydrogens (tertiary/aromatic N) is 2. The smallest absolute Gasteiger partial charge is 0.338 e. The van der Waals surface area contributed by atoms with Crippen molar-refractivity contribution >= 4 is 22.6 Å². The van der Waals surface area contributed by atoms with E-state index in [4.69, 9.17) is 15.9 Å². The summed E-state index contributed by atoms with van der Waals surface area (Å²) < 4.78 is 10.6. The van der Waals surface area contributed by atoms with Crippen molar-refractivity contribution in [3.05, 3.63) is 69.3 Å². The summed E-state index contributed by atoms with van der Waals surface area (Å²) in [5.41, 5.74) is 3.55. The highest BCUT2D eigenvalue weighted by atomic mass is 16.6. The van der Waals surface area contributed by atoms with E-state index in [9.17, 15) is 9.59 Å². The summed E-state index contributed by atoms with van der Waals surface area (Å²) >= 11 is 0. The number of methoxy groups -OCH3 is 1. The zero-order valence-electron chi connectivity index (χ0n) is 20.0. The minimum absolute atomic E-state index is 0.0147. The zero-order chi connectivity index (χ0) is 24.5. The average Bonchev–Trinajstić information content (AvgIpc) is 3.18. The van der Waals surface area contributed by atoms with Gasteiger partial charge in [0.05, 0.1) is 29.1 Å². The molecular formula is C27H29N3O4. The fourth-order valence-corrected chi connectivity index (χ4v) is 4.40. The first kappa shape index (κ1) is 23.5. The van der Waals surface area contributed by atoms with Crippen LogP contribution in [-0.4, -0.2) is 35.2 Å². The average molecular weight is 460 g/mol. The Morgan fingerprint density at radius 2 is 2.00 bits per heavy atom. The van der Waals surface area contributed by atoms with Crippen molar-refractivity contribution in [1.82, 2.24) is 9.97 Å². The molecule has 176 valence electrons. The number of H-pyrrole nitrogens is 1. The third kappa shape index (κ3) is 4.82. The molecule has 1 N–H and O–H groups in total. The number of anilines is 1. The Morgan fingerprint density at radius 3 is 2.65 bits per heavy atom. The summed E-state index contributed by atoms with van der Waals surface area (Å²) in [7, 11) is 1.57. The van der Waals surface area contributed by atoms with Gasteiger partial charge in [0.1, 0.15) is 18.0 Å². The zero-order valence-corrected chi connectivity index (χ0v) is 20.0. The molecule has 1 aliphatic rings. The molecule has 7 heteroatoms. The number of terminal acetylenes is 1. The van der Waals surface area contributed by atoms with Crippen molar-refractivity contribution in [2.45, 2.75) is 51.9 Å². The van der Waals surface area contributed by atoms with E-state index < -0.39 is 5.60 Å². The molecule has 0 saturated carbocycles. The van der Waals surface area contributed by atoms with Gasteiger partial charge in [-0.3, -0.25) is 4.79 Å². The lowest BCUT2D eigenvalue weighted by molar-refractivity contribution is 0.00695. The van der Waals surface area contributed by atoms with Gasteiger partial charge in [-0.25, -0.2) is 9.78 Å². The fraction of sp³-hybridized carbons (Fsp3) is 0.370. The number of aromatic nitrogens is 2. The van der Waals surface area contributed by atoms with Crippen LogP contribution in [0.15, 0.2) is 41.2 Å². The SMILES string of the molecule is C#CCN(c1ccc(C(=O)OC(C)(C)C)cc1)[C@H]1CCc2cc3nc(COC)[nH]c(=O)c3cc21. The highest BCUT2D eigenvalue weighted by Gasteiger charge is 2.29. The minimum Gasteiger partial charge on any atom is -0.456 e. The number of carbonyl (C=O) groups excluding carboxylic acids is 1. The Bertz CT molecular complexity index is 1310. The van der Waals surface area contributed by atoms with E-state index in [1.54, 1.807) is 19.2 Å². The maximum Gasteiger partial charge on any atom is 0.338 e. The molecule has 0 spiro atoms. The maximum absolute atomic E-state index is 12.7. The van der Waals surface area contributed by atoms with Crippen molar-refractivity contribution in [2.75, 3.05) is 18.6 Å². The molecule has 0 amide bonds. The Hall–Kier alpha value is -3.63. The van der Waals surface area contributed by atoms with Crippen LogP contribution in [0.2, 0.25) is 0 Å². The summed E-state index contributed by atoms with van der Waals surface area (Å²) in [6.07, 6.45) is 7.45. The second-order valence-corrected chi connectivity index (χ2v) is 9.45. The van der Waals surface area contributed by atoms with E-state index in [0.717, 1.165) is 29.7 Å². The van der Waals surface area contributed by atoms with E-state index >= 15 is 0 Å². The van der Waals surface area contributed by atoms with Gasteiger partial charge < -0.3 is 19.4 Å². The lowest BCUT2D eigenvalue weighted by Crippen LogP contribution is -2.28. The van der Waals surface area contributed by atoms with Crippen LogP contribution in [0.5, 0.6) is 0 Å². The standard InChI is InChI=1S/C27H29N3O4/c1-6-13-30(19-10-7-17(8-11-19)26(32)34-27(2,3)4)23-12-9-18-14-22-21(15-20(18)23)25(31)29-24(28-22)16-33-5/h1,7-8,10-11,14-15,23H,9,12-13,16H2,2-5H3,(H,28,29,31)/t23-/m0/s1. The third-order valence-corrected chi connectivity index (χ3v) is 5.81. The Morgan fingerprint density at radius 1 is 1.26 bits per heavy atom. The van der Waals surface area contributed by atoms with E-state index in [2.05, 4.69) is 20.8 Å². The molecule has 2 aromatic carbocycles. The van der Waals surface area contributed by atoms with Crippen LogP contribution in [0, 0.1) is 12.3 Å². The maximum atomic E-state index is 12.7. The van der Waals surface area contributed by atoms with Gasteiger partial charge in [0, 0.05) is 12.8 Å². The number of fused-ring (bicyclic) bond motifs is 2. The van der Waals surface area contributed by atoms with Gasteiger partial charge in [0.25, 0.3) is 5.56 Å². The molecule has 0 unspecified atom stereocenters. The topological polar surface area (TPSA) is 84.5 Å². The van der Waals surface area contributed by atoms with Crippen molar-refractivity contribution < 1.29 is 14.3 Å². The van der Waals surface area contributed by atoms with Crippen LogP contribution in [-0.2, 0) is 22.5 Å². The minimum atomic E-state index is -0.557. The largest absolute Gasteiger partial charge is 0.456 e. The molecule has 1 atom stereocenters. The molecule has 7 nitrogen and oxygen atoms in total. The predicted octanol–water partition coefficient (Wildman–Crippen LogP) is 4.15.